The number of rotatable bonds is 3. The minimum absolute atomic E-state index is 0.119. The molecule has 6 nitrogen and oxygen atoms in total. The molecule has 10 atom stereocenters. The number of allylic oxidation sites excluding steroid dienone is 1. The molecule has 6 rings (SSSR count). The summed E-state index contributed by atoms with van der Waals surface area (Å²) in [6, 6.07) is 0. The first-order valence-corrected chi connectivity index (χ1v) is 16.2. The molecule has 5 aliphatic rings. The van der Waals surface area contributed by atoms with Crippen LogP contribution >= 0.6 is 0 Å². The number of ether oxygens (including phenoxy) is 1. The Morgan fingerprint density at radius 1 is 0.951 bits per heavy atom. The molecule has 0 aromatic carbocycles. The molecular formula is C35H52N2O4. The fraction of sp³-hybridized carbons (Fsp3) is 0.800. The molecule has 5 fully saturated rings. The number of hydrogen-bond acceptors (Lipinski definition) is 4. The van der Waals surface area contributed by atoms with Crippen LogP contribution in [0.5, 0.6) is 0 Å². The Kier molecular flexibility index (Phi) is 6.50. The Morgan fingerprint density at radius 3 is 2.32 bits per heavy atom. The Labute approximate surface area is 246 Å². The van der Waals surface area contributed by atoms with Crippen LogP contribution in [0.25, 0.3) is 0 Å². The molecule has 0 aliphatic heterocycles. The predicted octanol–water partition coefficient (Wildman–Crippen LogP) is 8.29. The van der Waals surface area contributed by atoms with E-state index >= 15 is 0 Å². The van der Waals surface area contributed by atoms with Crippen LogP contribution in [0.4, 0.5) is 4.79 Å². The van der Waals surface area contributed by atoms with E-state index in [1.54, 1.807) is 12.4 Å². The third-order valence-electron chi connectivity index (χ3n) is 14.7. The molecule has 0 spiro atoms. The Bertz CT molecular complexity index is 1270. The maximum absolute atomic E-state index is 13.1. The molecule has 0 radical (unpaired) electrons. The minimum Gasteiger partial charge on any atom is -0.481 e. The second-order valence-corrected chi connectivity index (χ2v) is 16.2. The molecule has 1 heterocycles. The van der Waals surface area contributed by atoms with Gasteiger partial charge in [-0.05, 0) is 124 Å². The topological polar surface area (TPSA) is 81.4 Å². The number of carbonyl (C=O) groups excluding carboxylic acids is 1. The van der Waals surface area contributed by atoms with E-state index < -0.39 is 11.4 Å². The van der Waals surface area contributed by atoms with Crippen molar-refractivity contribution >= 4 is 12.1 Å². The van der Waals surface area contributed by atoms with Crippen molar-refractivity contribution in [2.45, 2.75) is 119 Å². The first-order chi connectivity index (χ1) is 19.1. The lowest BCUT2D eigenvalue weighted by Crippen LogP contribution is -2.67. The van der Waals surface area contributed by atoms with Crippen molar-refractivity contribution in [3.05, 3.63) is 30.4 Å². The van der Waals surface area contributed by atoms with Gasteiger partial charge in [0.15, 0.2) is 0 Å². The van der Waals surface area contributed by atoms with Gasteiger partial charge in [0.05, 0.1) is 5.41 Å². The molecule has 0 bridgehead atoms. The van der Waals surface area contributed by atoms with E-state index in [1.165, 1.54) is 23.0 Å². The van der Waals surface area contributed by atoms with Gasteiger partial charge in [-0.3, -0.25) is 4.79 Å². The number of fused-ring (bicyclic) bond motifs is 7. The summed E-state index contributed by atoms with van der Waals surface area (Å²) in [4.78, 5) is 30.2. The Morgan fingerprint density at radius 2 is 1.68 bits per heavy atom. The molecule has 5 aliphatic carbocycles. The van der Waals surface area contributed by atoms with Crippen LogP contribution in [0.1, 0.15) is 112 Å². The van der Waals surface area contributed by atoms with Gasteiger partial charge in [-0.15, -0.1) is 0 Å². The van der Waals surface area contributed by atoms with Crippen LogP contribution in [0.3, 0.4) is 0 Å². The quantitative estimate of drug-likeness (QED) is 0.374. The van der Waals surface area contributed by atoms with Crippen molar-refractivity contribution in [2.75, 3.05) is 0 Å². The number of carboxylic acids is 1. The zero-order chi connectivity index (χ0) is 29.8. The average molecular weight is 565 g/mol. The molecule has 226 valence electrons. The van der Waals surface area contributed by atoms with E-state index in [0.717, 1.165) is 51.4 Å². The zero-order valence-corrected chi connectivity index (χ0v) is 26.5. The van der Waals surface area contributed by atoms with Crippen molar-refractivity contribution in [3.63, 3.8) is 0 Å². The number of aromatic nitrogens is 2. The summed E-state index contributed by atoms with van der Waals surface area (Å²) in [7, 11) is 0. The fourth-order valence-corrected chi connectivity index (χ4v) is 12.4. The molecular weight excluding hydrogens is 512 g/mol. The normalized spacial score (nSPS) is 46.4. The number of aryl methyl sites for hydroxylation is 1. The van der Waals surface area contributed by atoms with Gasteiger partial charge in [-0.1, -0.05) is 46.8 Å². The van der Waals surface area contributed by atoms with Gasteiger partial charge in [0.25, 0.3) is 0 Å². The van der Waals surface area contributed by atoms with Gasteiger partial charge in [-0.25, -0.2) is 14.3 Å². The lowest BCUT2D eigenvalue weighted by Gasteiger charge is -2.72. The highest BCUT2D eigenvalue weighted by Crippen LogP contribution is 2.77. The van der Waals surface area contributed by atoms with Gasteiger partial charge in [0, 0.05) is 17.8 Å². The van der Waals surface area contributed by atoms with E-state index in [9.17, 15) is 14.7 Å². The van der Waals surface area contributed by atoms with Crippen LogP contribution in [0.15, 0.2) is 24.5 Å². The van der Waals surface area contributed by atoms with Gasteiger partial charge in [0.1, 0.15) is 11.9 Å². The van der Waals surface area contributed by atoms with Crippen molar-refractivity contribution in [2.24, 2.45) is 56.7 Å². The number of aliphatic carboxylic acids is 1. The highest BCUT2D eigenvalue weighted by Gasteiger charge is 2.72. The van der Waals surface area contributed by atoms with Crippen molar-refractivity contribution < 1.29 is 19.4 Å². The van der Waals surface area contributed by atoms with E-state index in [1.807, 2.05) is 6.92 Å². The highest BCUT2D eigenvalue weighted by atomic mass is 16.6. The second-order valence-electron chi connectivity index (χ2n) is 16.2. The second kappa shape index (κ2) is 9.19. The van der Waals surface area contributed by atoms with E-state index in [2.05, 4.69) is 53.1 Å². The van der Waals surface area contributed by atoms with Crippen LogP contribution in [-0.2, 0) is 9.53 Å². The van der Waals surface area contributed by atoms with Gasteiger partial charge in [-0.2, -0.15) is 0 Å². The molecule has 1 N–H and O–H groups in total. The van der Waals surface area contributed by atoms with Crippen molar-refractivity contribution in [1.29, 1.82) is 0 Å². The first kappa shape index (κ1) is 29.0. The maximum atomic E-state index is 13.1. The molecule has 1 aromatic heterocycles. The maximum Gasteiger partial charge on any atom is 0.419 e. The molecule has 1 aromatic rings. The smallest absolute Gasteiger partial charge is 0.419 e. The molecule has 5 saturated carbocycles. The van der Waals surface area contributed by atoms with Crippen LogP contribution in [0.2, 0.25) is 0 Å². The molecule has 4 unspecified atom stereocenters. The monoisotopic (exact) mass is 564 g/mol. The Balaban J connectivity index is 1.30. The summed E-state index contributed by atoms with van der Waals surface area (Å²) >= 11 is 0. The Hall–Kier alpha value is -2.11. The molecule has 6 heteroatoms. The summed E-state index contributed by atoms with van der Waals surface area (Å²) in [5.41, 5.74) is 0.946. The largest absolute Gasteiger partial charge is 0.481 e. The summed E-state index contributed by atoms with van der Waals surface area (Å²) in [6.45, 7) is 20.7. The standard InChI is InChI=1S/C35H52N2O4/c1-21(2)23-11-16-35(29(38)39)18-17-33(7)24(28(23)35)9-10-26-32(6)14-13-27(41-30(40)37-20-19-36-22(37)3)31(4,5)25(32)12-15-34(26,33)8/h19-20,23-28H,1,9-18H2,2-8H3,(H,38,39)/t23-,24?,25?,26?,27-,28?,32-,33+,34+,35-/m0/s1. The summed E-state index contributed by atoms with van der Waals surface area (Å²) in [6.07, 6.45) is 13.1. The third-order valence-corrected chi connectivity index (χ3v) is 14.7. The van der Waals surface area contributed by atoms with Gasteiger partial charge < -0.3 is 9.84 Å². The summed E-state index contributed by atoms with van der Waals surface area (Å²) in [5, 5.41) is 10.6. The highest BCUT2D eigenvalue weighted by molar-refractivity contribution is 5.76. The minimum atomic E-state index is -0.574. The van der Waals surface area contributed by atoms with E-state index in [0.29, 0.717) is 29.5 Å². The lowest BCUT2D eigenvalue weighted by atomic mass is 9.32. The van der Waals surface area contributed by atoms with Gasteiger partial charge in [0.2, 0.25) is 0 Å². The summed E-state index contributed by atoms with van der Waals surface area (Å²) in [5.74, 6) is 2.12. The number of hydrogen-bond donors (Lipinski definition) is 1. The first-order valence-electron chi connectivity index (χ1n) is 16.2. The van der Waals surface area contributed by atoms with Crippen LogP contribution in [-0.4, -0.2) is 32.8 Å². The van der Waals surface area contributed by atoms with Crippen LogP contribution in [0, 0.1) is 63.6 Å². The zero-order valence-electron chi connectivity index (χ0n) is 26.5. The van der Waals surface area contributed by atoms with Crippen molar-refractivity contribution in [1.82, 2.24) is 9.55 Å². The van der Waals surface area contributed by atoms with Crippen molar-refractivity contribution in [3.8, 4) is 0 Å². The third kappa shape index (κ3) is 3.70. The summed E-state index contributed by atoms with van der Waals surface area (Å²) < 4.78 is 7.75. The SMILES string of the molecule is C=C(C)[C@@H]1CC[C@]2(C(=O)O)CC[C@]3(C)C(CCC4[C@@]5(C)CC[C@H](OC(=O)n6ccnc6C)C(C)(C)C5CC[C@]43C)C12. The van der Waals surface area contributed by atoms with Gasteiger partial charge >= 0.3 is 12.1 Å². The lowest BCUT2D eigenvalue weighted by molar-refractivity contribution is -0.247. The number of carbonyl (C=O) groups is 2. The molecule has 0 saturated heterocycles. The van der Waals surface area contributed by atoms with E-state index in [-0.39, 0.29) is 39.8 Å². The fourth-order valence-electron chi connectivity index (χ4n) is 12.4. The van der Waals surface area contributed by atoms with Crippen LogP contribution < -0.4 is 0 Å². The number of imidazole rings is 1. The number of nitrogens with zero attached hydrogens (tertiary/aromatic N) is 2. The average Bonchev–Trinajstić information content (AvgIpc) is 3.50. The molecule has 0 amide bonds. The molecule has 41 heavy (non-hydrogen) atoms. The number of carboxylic acid groups (broad SMARTS) is 1. The predicted molar refractivity (Wildman–Crippen MR) is 159 cm³/mol. The van der Waals surface area contributed by atoms with E-state index in [4.69, 9.17) is 4.74 Å².